The van der Waals surface area contributed by atoms with Crippen molar-refractivity contribution in [2.45, 2.75) is 49.0 Å². The van der Waals surface area contributed by atoms with E-state index in [2.05, 4.69) is 20.0 Å². The Morgan fingerprint density at radius 2 is 2.09 bits per heavy atom. The van der Waals surface area contributed by atoms with Crippen LogP contribution in [0.3, 0.4) is 0 Å². The summed E-state index contributed by atoms with van der Waals surface area (Å²) in [6.45, 7) is 0.303. The number of aromatic nitrogens is 4. The zero-order valence-electron chi connectivity index (χ0n) is 18.2. The Hall–Kier alpha value is -2.86. The lowest BCUT2D eigenvalue weighted by molar-refractivity contribution is -0.0891. The number of aliphatic hydroxyl groups excluding tert-OH is 1. The lowest BCUT2D eigenvalue weighted by atomic mass is 9.98. The fourth-order valence-electron chi connectivity index (χ4n) is 3.83. The molecule has 0 bridgehead atoms. The molecule has 33 heavy (non-hydrogen) atoms. The van der Waals surface area contributed by atoms with Crippen LogP contribution >= 0.6 is 0 Å². The lowest BCUT2D eigenvalue weighted by Crippen LogP contribution is -2.50. The molecule has 176 valence electrons. The van der Waals surface area contributed by atoms with Gasteiger partial charge in [0.1, 0.15) is 11.4 Å². The van der Waals surface area contributed by atoms with Gasteiger partial charge in [-0.2, -0.15) is 0 Å². The minimum absolute atomic E-state index is 0.107. The van der Waals surface area contributed by atoms with Crippen molar-refractivity contribution >= 4 is 10.0 Å². The molecule has 2 N–H and O–H groups in total. The monoisotopic (exact) mass is 473 g/mol. The van der Waals surface area contributed by atoms with E-state index in [1.807, 2.05) is 24.4 Å². The number of ether oxygens (including phenoxy) is 2. The van der Waals surface area contributed by atoms with Crippen LogP contribution in [0.5, 0.6) is 5.75 Å². The summed E-state index contributed by atoms with van der Waals surface area (Å²) < 4.78 is 41.2. The highest BCUT2D eigenvalue weighted by Gasteiger charge is 2.34. The van der Waals surface area contributed by atoms with E-state index in [9.17, 15) is 13.5 Å². The Morgan fingerprint density at radius 1 is 1.21 bits per heavy atom. The largest absolute Gasteiger partial charge is 0.497 e. The number of methoxy groups -OCH3 is 1. The molecule has 3 heterocycles. The first kappa shape index (κ1) is 23.3. The predicted molar refractivity (Wildman–Crippen MR) is 120 cm³/mol. The second kappa shape index (κ2) is 10.4. The van der Waals surface area contributed by atoms with Gasteiger partial charge in [0.2, 0.25) is 10.0 Å². The van der Waals surface area contributed by atoms with E-state index in [0.29, 0.717) is 37.3 Å². The summed E-state index contributed by atoms with van der Waals surface area (Å²) in [5.41, 5.74) is 1.45. The minimum atomic E-state index is -3.78. The van der Waals surface area contributed by atoms with Crippen molar-refractivity contribution < 1.29 is 23.0 Å². The van der Waals surface area contributed by atoms with Crippen molar-refractivity contribution in [3.8, 4) is 17.1 Å². The summed E-state index contributed by atoms with van der Waals surface area (Å²) in [6, 6.07) is 11.3. The molecule has 2 aromatic heterocycles. The third-order valence-electron chi connectivity index (χ3n) is 5.60. The highest BCUT2D eigenvalue weighted by Crippen LogP contribution is 2.25. The van der Waals surface area contributed by atoms with Gasteiger partial charge in [-0.15, -0.1) is 5.10 Å². The van der Waals surface area contributed by atoms with Crippen molar-refractivity contribution in [1.82, 2.24) is 24.7 Å². The van der Waals surface area contributed by atoms with Gasteiger partial charge in [-0.3, -0.25) is 9.67 Å². The van der Waals surface area contributed by atoms with Crippen molar-refractivity contribution in [2.75, 3.05) is 13.7 Å². The average Bonchev–Trinajstić information content (AvgIpc) is 3.33. The number of aliphatic hydroxyl groups is 1. The van der Waals surface area contributed by atoms with E-state index >= 15 is 0 Å². The van der Waals surface area contributed by atoms with E-state index in [1.54, 1.807) is 23.0 Å². The normalized spacial score (nSPS) is 21.1. The fourth-order valence-corrected chi connectivity index (χ4v) is 5.16. The molecule has 4 rings (SSSR count). The number of nitrogens with zero attached hydrogens (tertiary/aromatic N) is 4. The van der Waals surface area contributed by atoms with Crippen molar-refractivity contribution in [1.29, 1.82) is 0 Å². The third-order valence-corrected chi connectivity index (χ3v) is 7.09. The molecule has 1 aliphatic heterocycles. The number of hydrogen-bond donors (Lipinski definition) is 2. The Balaban J connectivity index is 1.33. The van der Waals surface area contributed by atoms with Crippen LogP contribution in [0.15, 0.2) is 59.8 Å². The molecule has 0 aliphatic carbocycles. The maximum absolute atomic E-state index is 12.8. The quantitative estimate of drug-likeness (QED) is 0.480. The van der Waals surface area contributed by atoms with Gasteiger partial charge in [0.05, 0.1) is 48.8 Å². The average molecular weight is 474 g/mol. The lowest BCUT2D eigenvalue weighted by Gasteiger charge is -2.36. The molecule has 0 unspecified atom stereocenters. The van der Waals surface area contributed by atoms with Gasteiger partial charge in [-0.1, -0.05) is 17.3 Å². The molecule has 1 aliphatic rings. The van der Waals surface area contributed by atoms with Crippen molar-refractivity contribution in [3.05, 3.63) is 54.9 Å². The molecule has 1 fully saturated rings. The SMILES string of the molecule is COc1cccc(S(=O)(=O)N[C@@H]2CC[C@@H](CCn3cc(-c4ccccn4)nn3)O[C@@H]2CO)c1. The number of sulfonamides is 1. The van der Waals surface area contributed by atoms with Gasteiger partial charge < -0.3 is 14.6 Å². The van der Waals surface area contributed by atoms with Crippen LogP contribution in [0.2, 0.25) is 0 Å². The summed E-state index contributed by atoms with van der Waals surface area (Å²) >= 11 is 0. The molecule has 1 aromatic carbocycles. The summed E-state index contributed by atoms with van der Waals surface area (Å²) in [5, 5.41) is 18.1. The molecular weight excluding hydrogens is 446 g/mol. The zero-order chi connectivity index (χ0) is 23.3. The summed E-state index contributed by atoms with van der Waals surface area (Å²) in [7, 11) is -2.30. The summed E-state index contributed by atoms with van der Waals surface area (Å²) in [6.07, 6.45) is 4.65. The second-order valence-corrected chi connectivity index (χ2v) is 9.55. The first-order chi connectivity index (χ1) is 16.0. The van der Waals surface area contributed by atoms with Crippen LogP contribution < -0.4 is 9.46 Å². The van der Waals surface area contributed by atoms with Gasteiger partial charge in [-0.05, 0) is 43.5 Å². The third kappa shape index (κ3) is 5.74. The van der Waals surface area contributed by atoms with Gasteiger partial charge in [0, 0.05) is 18.8 Å². The van der Waals surface area contributed by atoms with Crippen LogP contribution in [0.4, 0.5) is 0 Å². The topological polar surface area (TPSA) is 128 Å². The number of hydrogen-bond acceptors (Lipinski definition) is 8. The van der Waals surface area contributed by atoms with E-state index in [-0.39, 0.29) is 17.6 Å². The highest BCUT2D eigenvalue weighted by molar-refractivity contribution is 7.89. The summed E-state index contributed by atoms with van der Waals surface area (Å²) in [4.78, 5) is 4.38. The Bertz CT molecular complexity index is 1150. The van der Waals surface area contributed by atoms with Gasteiger partial charge in [0.15, 0.2) is 0 Å². The first-order valence-corrected chi connectivity index (χ1v) is 12.2. The molecular formula is C22H27N5O5S. The molecule has 0 amide bonds. The number of pyridine rings is 1. The number of nitrogens with one attached hydrogen (secondary N) is 1. The number of benzene rings is 1. The Labute approximate surface area is 192 Å². The molecule has 3 aromatic rings. The standard InChI is InChI=1S/C22H27N5O5S/c1-31-17-5-4-6-18(13-17)33(29,30)25-20-9-8-16(32-22(20)15-28)10-12-27-14-21(24-26-27)19-7-2-3-11-23-19/h2-7,11,13-14,16,20,22,25,28H,8-10,12,15H2,1H3/t16-,20+,22+/m0/s1. The van der Waals surface area contributed by atoms with E-state index in [0.717, 1.165) is 5.69 Å². The molecule has 0 saturated carbocycles. The highest BCUT2D eigenvalue weighted by atomic mass is 32.2. The van der Waals surface area contributed by atoms with Crippen molar-refractivity contribution in [2.24, 2.45) is 0 Å². The molecule has 10 nitrogen and oxygen atoms in total. The first-order valence-electron chi connectivity index (χ1n) is 10.7. The Kier molecular flexibility index (Phi) is 7.33. The predicted octanol–water partition coefficient (Wildman–Crippen LogP) is 1.63. The zero-order valence-corrected chi connectivity index (χ0v) is 19.1. The fraction of sp³-hybridized carbons (Fsp3) is 0.409. The molecule has 1 saturated heterocycles. The Morgan fingerprint density at radius 3 is 2.85 bits per heavy atom. The smallest absolute Gasteiger partial charge is 0.241 e. The van der Waals surface area contributed by atoms with Gasteiger partial charge >= 0.3 is 0 Å². The van der Waals surface area contributed by atoms with Crippen LogP contribution in [0.25, 0.3) is 11.4 Å². The van der Waals surface area contributed by atoms with Gasteiger partial charge in [-0.25, -0.2) is 13.1 Å². The number of aryl methyl sites for hydroxylation is 1. The summed E-state index contributed by atoms with van der Waals surface area (Å²) in [5.74, 6) is 0.454. The minimum Gasteiger partial charge on any atom is -0.497 e. The number of rotatable bonds is 9. The van der Waals surface area contributed by atoms with Crippen LogP contribution in [0.1, 0.15) is 19.3 Å². The van der Waals surface area contributed by atoms with Crippen LogP contribution in [0, 0.1) is 0 Å². The van der Waals surface area contributed by atoms with E-state index < -0.39 is 22.2 Å². The van der Waals surface area contributed by atoms with Crippen molar-refractivity contribution in [3.63, 3.8) is 0 Å². The maximum Gasteiger partial charge on any atom is 0.241 e. The van der Waals surface area contributed by atoms with E-state index in [4.69, 9.17) is 9.47 Å². The second-order valence-electron chi connectivity index (χ2n) is 7.83. The molecule has 3 atom stereocenters. The maximum atomic E-state index is 12.8. The molecule has 0 radical (unpaired) electrons. The van der Waals surface area contributed by atoms with Crippen LogP contribution in [-0.2, 0) is 21.3 Å². The molecule has 11 heteroatoms. The van der Waals surface area contributed by atoms with Crippen LogP contribution in [-0.4, -0.2) is 65.5 Å². The van der Waals surface area contributed by atoms with E-state index in [1.165, 1.54) is 19.2 Å². The van der Waals surface area contributed by atoms with Gasteiger partial charge in [0.25, 0.3) is 0 Å². The molecule has 0 spiro atoms.